The van der Waals surface area contributed by atoms with Crippen molar-refractivity contribution in [2.45, 2.75) is 46.1 Å². The van der Waals surface area contributed by atoms with Gasteiger partial charge in [0.2, 0.25) is 0 Å². The number of rotatable bonds is 8. The molecule has 1 fully saturated rings. The number of likely N-dealkylation sites (tertiary alicyclic amines) is 1. The van der Waals surface area contributed by atoms with E-state index in [2.05, 4.69) is 0 Å². The van der Waals surface area contributed by atoms with Crippen LogP contribution in [0.2, 0.25) is 0 Å². The zero-order valence-corrected chi connectivity index (χ0v) is 18.2. The van der Waals surface area contributed by atoms with E-state index < -0.39 is 17.7 Å². The standard InChI is InChI=1S/C25H29NO5/c1-4-7-14-26-22(18-12-13-19(27)20(15-18)31-6-3)21(24(29)25(26)30)23(28)17-10-8-16(5-2)9-11-17/h8-13,15,22,27-28H,4-7,14H2,1-3H3/b23-21-. The van der Waals surface area contributed by atoms with Crippen molar-refractivity contribution >= 4 is 17.4 Å². The number of aliphatic hydroxyl groups excluding tert-OH is 1. The molecule has 0 spiro atoms. The Balaban J connectivity index is 2.16. The van der Waals surface area contributed by atoms with Gasteiger partial charge in [-0.25, -0.2) is 0 Å². The lowest BCUT2D eigenvalue weighted by Gasteiger charge is -2.25. The van der Waals surface area contributed by atoms with Gasteiger partial charge in [-0.05, 0) is 43.0 Å². The summed E-state index contributed by atoms with van der Waals surface area (Å²) in [5.74, 6) is -1.28. The zero-order chi connectivity index (χ0) is 22.5. The van der Waals surface area contributed by atoms with Crippen LogP contribution in [0.4, 0.5) is 0 Å². The molecular weight excluding hydrogens is 394 g/mol. The lowest BCUT2D eigenvalue weighted by Crippen LogP contribution is -2.30. The van der Waals surface area contributed by atoms with E-state index in [1.807, 2.05) is 26.0 Å². The number of ketones is 1. The van der Waals surface area contributed by atoms with Crippen LogP contribution in [0, 0.1) is 0 Å². The second-order valence-electron chi connectivity index (χ2n) is 7.56. The highest BCUT2D eigenvalue weighted by atomic mass is 16.5. The Labute approximate surface area is 182 Å². The molecule has 2 aromatic carbocycles. The van der Waals surface area contributed by atoms with Crippen molar-refractivity contribution in [3.05, 3.63) is 64.7 Å². The normalized spacial score (nSPS) is 17.9. The fourth-order valence-electron chi connectivity index (χ4n) is 3.81. The molecule has 1 aliphatic heterocycles. The predicted molar refractivity (Wildman–Crippen MR) is 119 cm³/mol. The number of ether oxygens (including phenoxy) is 1. The fraction of sp³-hybridized carbons (Fsp3) is 0.360. The van der Waals surface area contributed by atoms with Gasteiger partial charge in [-0.3, -0.25) is 9.59 Å². The van der Waals surface area contributed by atoms with E-state index in [1.54, 1.807) is 31.2 Å². The zero-order valence-electron chi connectivity index (χ0n) is 18.2. The molecule has 2 N–H and O–H groups in total. The summed E-state index contributed by atoms with van der Waals surface area (Å²) < 4.78 is 5.50. The van der Waals surface area contributed by atoms with Gasteiger partial charge in [0, 0.05) is 12.1 Å². The topological polar surface area (TPSA) is 87.1 Å². The molecule has 1 saturated heterocycles. The van der Waals surface area contributed by atoms with E-state index in [0.29, 0.717) is 24.3 Å². The van der Waals surface area contributed by atoms with E-state index in [4.69, 9.17) is 4.74 Å². The number of carbonyl (C=O) groups is 2. The maximum absolute atomic E-state index is 13.0. The summed E-state index contributed by atoms with van der Waals surface area (Å²) in [6, 6.07) is 11.3. The molecule has 2 aromatic rings. The van der Waals surface area contributed by atoms with Crippen LogP contribution in [0.1, 0.15) is 56.3 Å². The highest BCUT2D eigenvalue weighted by molar-refractivity contribution is 6.46. The van der Waals surface area contributed by atoms with Crippen LogP contribution in [-0.2, 0) is 16.0 Å². The maximum atomic E-state index is 13.0. The smallest absolute Gasteiger partial charge is 0.295 e. The van der Waals surface area contributed by atoms with Crippen LogP contribution in [-0.4, -0.2) is 40.0 Å². The molecule has 31 heavy (non-hydrogen) atoms. The number of Topliss-reactive ketones (excluding diaryl/α,β-unsaturated/α-hetero) is 1. The molecule has 3 rings (SSSR count). The number of benzene rings is 2. The number of unbranched alkanes of at least 4 members (excludes halogenated alkanes) is 1. The lowest BCUT2D eigenvalue weighted by atomic mass is 9.94. The SMILES string of the molecule is CCCCN1C(=O)C(=O)/C(=C(\O)c2ccc(CC)cc2)C1c1ccc(O)c(OCC)c1. The van der Waals surface area contributed by atoms with Crippen molar-refractivity contribution in [2.75, 3.05) is 13.2 Å². The quantitative estimate of drug-likeness (QED) is 0.369. The number of amides is 1. The van der Waals surface area contributed by atoms with Crippen LogP contribution >= 0.6 is 0 Å². The molecule has 0 aromatic heterocycles. The third kappa shape index (κ3) is 4.43. The second-order valence-corrected chi connectivity index (χ2v) is 7.56. The molecule has 0 radical (unpaired) electrons. The summed E-state index contributed by atoms with van der Waals surface area (Å²) >= 11 is 0. The Bertz CT molecular complexity index is 993. The van der Waals surface area contributed by atoms with E-state index in [1.165, 1.54) is 11.0 Å². The summed E-state index contributed by atoms with van der Waals surface area (Å²) in [5.41, 5.74) is 2.25. The monoisotopic (exact) mass is 423 g/mol. The van der Waals surface area contributed by atoms with Gasteiger partial charge in [-0.15, -0.1) is 0 Å². The number of aromatic hydroxyl groups is 1. The third-order valence-corrected chi connectivity index (χ3v) is 5.53. The van der Waals surface area contributed by atoms with E-state index in [-0.39, 0.29) is 22.8 Å². The minimum absolute atomic E-state index is 0.0220. The molecule has 1 atom stereocenters. The number of phenolic OH excluding ortho intramolecular Hbond substituents is 1. The molecular formula is C25H29NO5. The number of hydrogen-bond donors (Lipinski definition) is 2. The van der Waals surface area contributed by atoms with Crippen molar-refractivity contribution in [3.8, 4) is 11.5 Å². The van der Waals surface area contributed by atoms with Crippen LogP contribution in [0.3, 0.4) is 0 Å². The average Bonchev–Trinajstić information content (AvgIpc) is 3.03. The number of aryl methyl sites for hydroxylation is 1. The van der Waals surface area contributed by atoms with Crippen molar-refractivity contribution in [3.63, 3.8) is 0 Å². The molecule has 0 saturated carbocycles. The molecule has 1 unspecified atom stereocenters. The fourth-order valence-corrected chi connectivity index (χ4v) is 3.81. The number of phenols is 1. The first-order chi connectivity index (χ1) is 14.9. The predicted octanol–water partition coefficient (Wildman–Crippen LogP) is 4.58. The number of aliphatic hydroxyl groups is 1. The van der Waals surface area contributed by atoms with Gasteiger partial charge in [0.1, 0.15) is 5.76 Å². The van der Waals surface area contributed by atoms with Gasteiger partial charge < -0.3 is 19.8 Å². The molecule has 1 amide bonds. The number of hydrogen-bond acceptors (Lipinski definition) is 5. The molecule has 6 nitrogen and oxygen atoms in total. The summed E-state index contributed by atoms with van der Waals surface area (Å²) in [6.07, 6.45) is 2.44. The minimum Gasteiger partial charge on any atom is -0.507 e. The molecule has 0 bridgehead atoms. The highest BCUT2D eigenvalue weighted by Crippen LogP contribution is 2.41. The highest BCUT2D eigenvalue weighted by Gasteiger charge is 2.45. The molecule has 0 aliphatic carbocycles. The largest absolute Gasteiger partial charge is 0.507 e. The summed E-state index contributed by atoms with van der Waals surface area (Å²) in [6.45, 7) is 6.60. The summed E-state index contributed by atoms with van der Waals surface area (Å²) in [4.78, 5) is 27.4. The van der Waals surface area contributed by atoms with Crippen molar-refractivity contribution in [1.29, 1.82) is 0 Å². The molecule has 1 heterocycles. The Morgan fingerprint density at radius 3 is 2.39 bits per heavy atom. The van der Waals surface area contributed by atoms with Crippen molar-refractivity contribution in [2.24, 2.45) is 0 Å². The van der Waals surface area contributed by atoms with Crippen molar-refractivity contribution in [1.82, 2.24) is 4.90 Å². The van der Waals surface area contributed by atoms with Gasteiger partial charge in [0.15, 0.2) is 11.5 Å². The van der Waals surface area contributed by atoms with Gasteiger partial charge >= 0.3 is 0 Å². The lowest BCUT2D eigenvalue weighted by molar-refractivity contribution is -0.139. The van der Waals surface area contributed by atoms with E-state index in [9.17, 15) is 19.8 Å². The summed E-state index contributed by atoms with van der Waals surface area (Å²) in [7, 11) is 0. The molecule has 164 valence electrons. The third-order valence-electron chi connectivity index (χ3n) is 5.53. The Kier molecular flexibility index (Phi) is 7.00. The molecule has 1 aliphatic rings. The van der Waals surface area contributed by atoms with Crippen LogP contribution in [0.25, 0.3) is 5.76 Å². The van der Waals surface area contributed by atoms with Crippen LogP contribution in [0.15, 0.2) is 48.0 Å². The first-order valence-electron chi connectivity index (χ1n) is 10.8. The van der Waals surface area contributed by atoms with Crippen LogP contribution in [0.5, 0.6) is 11.5 Å². The first kappa shape index (κ1) is 22.4. The van der Waals surface area contributed by atoms with Gasteiger partial charge in [-0.1, -0.05) is 50.6 Å². The van der Waals surface area contributed by atoms with E-state index in [0.717, 1.165) is 24.8 Å². The maximum Gasteiger partial charge on any atom is 0.295 e. The van der Waals surface area contributed by atoms with Gasteiger partial charge in [0.25, 0.3) is 11.7 Å². The Hall–Kier alpha value is -3.28. The van der Waals surface area contributed by atoms with Crippen LogP contribution < -0.4 is 4.74 Å². The molecule has 6 heteroatoms. The first-order valence-corrected chi connectivity index (χ1v) is 10.8. The Morgan fingerprint density at radius 2 is 1.77 bits per heavy atom. The van der Waals surface area contributed by atoms with Crippen molar-refractivity contribution < 1.29 is 24.5 Å². The Morgan fingerprint density at radius 1 is 1.06 bits per heavy atom. The summed E-state index contributed by atoms with van der Waals surface area (Å²) in [5, 5.41) is 21.2. The average molecular weight is 424 g/mol. The number of carbonyl (C=O) groups excluding carboxylic acids is 2. The number of nitrogens with zero attached hydrogens (tertiary/aromatic N) is 1. The second kappa shape index (κ2) is 9.69. The minimum atomic E-state index is -0.753. The van der Waals surface area contributed by atoms with Gasteiger partial charge in [0.05, 0.1) is 18.2 Å². The van der Waals surface area contributed by atoms with Gasteiger partial charge in [-0.2, -0.15) is 0 Å². The van der Waals surface area contributed by atoms with E-state index >= 15 is 0 Å².